The number of aromatic hydroxyl groups is 1. The normalized spacial score (nSPS) is 12.7. The van der Waals surface area contributed by atoms with Crippen LogP contribution in [0.15, 0.2) is 29.6 Å². The topological polar surface area (TPSA) is 46.2 Å². The van der Waals surface area contributed by atoms with Gasteiger partial charge in [0, 0.05) is 4.88 Å². The molecule has 0 saturated heterocycles. The van der Waals surface area contributed by atoms with Crippen molar-refractivity contribution in [1.82, 2.24) is 0 Å². The van der Waals surface area contributed by atoms with E-state index in [0.29, 0.717) is 4.88 Å². The molecule has 0 unspecified atom stereocenters. The number of thiophene rings is 1. The first-order valence-electron chi connectivity index (χ1n) is 4.57. The van der Waals surface area contributed by atoms with E-state index in [0.717, 1.165) is 12.1 Å². The van der Waals surface area contributed by atoms with Gasteiger partial charge in [-0.2, -0.15) is 0 Å². The van der Waals surface area contributed by atoms with Crippen LogP contribution in [0.2, 0.25) is 0 Å². The minimum Gasteiger partial charge on any atom is -0.505 e. The lowest BCUT2D eigenvalue weighted by molar-refractivity contribution is 0.414. The maximum Gasteiger partial charge on any atom is 0.165 e. The highest BCUT2D eigenvalue weighted by Gasteiger charge is 2.21. The Hall–Kier alpha value is -1.46. The summed E-state index contributed by atoms with van der Waals surface area (Å²) in [7, 11) is 0. The van der Waals surface area contributed by atoms with Gasteiger partial charge in [0.2, 0.25) is 0 Å². The van der Waals surface area contributed by atoms with Gasteiger partial charge >= 0.3 is 0 Å². The van der Waals surface area contributed by atoms with Crippen molar-refractivity contribution in [2.24, 2.45) is 5.73 Å². The zero-order valence-corrected chi connectivity index (χ0v) is 8.97. The minimum absolute atomic E-state index is 0.206. The van der Waals surface area contributed by atoms with Gasteiger partial charge in [-0.25, -0.2) is 8.78 Å². The molecule has 2 aromatic rings. The molecule has 1 aromatic heterocycles. The van der Waals surface area contributed by atoms with Crippen molar-refractivity contribution in [1.29, 1.82) is 0 Å². The Bertz CT molecular complexity index is 499. The molecular weight excluding hydrogens is 232 g/mol. The summed E-state index contributed by atoms with van der Waals surface area (Å²) in [5.41, 5.74) is 5.57. The predicted molar refractivity (Wildman–Crippen MR) is 58.4 cm³/mol. The van der Waals surface area contributed by atoms with Gasteiger partial charge in [-0.15, -0.1) is 11.3 Å². The first-order chi connectivity index (χ1) is 7.61. The Labute approximate surface area is 95.0 Å². The van der Waals surface area contributed by atoms with Gasteiger partial charge in [0.05, 0.1) is 11.6 Å². The predicted octanol–water partition coefficient (Wildman–Crippen LogP) is 2.78. The number of nitrogens with two attached hydrogens (primary N) is 1. The fourth-order valence-electron chi connectivity index (χ4n) is 1.46. The van der Waals surface area contributed by atoms with Gasteiger partial charge in [-0.1, -0.05) is 6.07 Å². The average Bonchev–Trinajstić information content (AvgIpc) is 2.77. The van der Waals surface area contributed by atoms with Crippen LogP contribution >= 0.6 is 11.3 Å². The van der Waals surface area contributed by atoms with Crippen molar-refractivity contribution in [3.8, 4) is 5.75 Å². The van der Waals surface area contributed by atoms with E-state index in [1.807, 2.05) is 0 Å². The van der Waals surface area contributed by atoms with Gasteiger partial charge in [0.25, 0.3) is 0 Å². The molecule has 16 heavy (non-hydrogen) atoms. The van der Waals surface area contributed by atoms with Crippen LogP contribution in [-0.4, -0.2) is 5.11 Å². The number of phenolic OH excluding ortho intramolecular Hbond substituents is 1. The minimum atomic E-state index is -0.872. The van der Waals surface area contributed by atoms with Crippen LogP contribution in [0, 0.1) is 11.6 Å². The summed E-state index contributed by atoms with van der Waals surface area (Å²) < 4.78 is 26.6. The van der Waals surface area contributed by atoms with Crippen molar-refractivity contribution in [2.75, 3.05) is 0 Å². The molecule has 2 rings (SSSR count). The summed E-state index contributed by atoms with van der Waals surface area (Å²) >= 11 is 1.32. The van der Waals surface area contributed by atoms with E-state index in [-0.39, 0.29) is 5.56 Å². The number of rotatable bonds is 2. The molecule has 1 aromatic carbocycles. The lowest BCUT2D eigenvalue weighted by Gasteiger charge is -2.13. The second-order valence-corrected chi connectivity index (χ2v) is 4.26. The standard InChI is InChI=1S/C11H9F2NOS/c12-6-3-4-7(13)11(15)9(6)10(14)8-2-1-5-16-8/h1-5,10,15H,14H2/t10-/m1/s1. The molecule has 0 aliphatic carbocycles. The Balaban J connectivity index is 2.52. The third-order valence-electron chi connectivity index (χ3n) is 2.28. The third kappa shape index (κ3) is 1.79. The maximum atomic E-state index is 13.5. The Morgan fingerprint density at radius 1 is 1.19 bits per heavy atom. The molecule has 2 nitrogen and oxygen atoms in total. The first kappa shape index (κ1) is 11.0. The molecule has 1 atom stereocenters. The summed E-state index contributed by atoms with van der Waals surface area (Å²) in [6, 6.07) is 4.44. The summed E-state index contributed by atoms with van der Waals surface area (Å²) in [6.07, 6.45) is 0. The summed E-state index contributed by atoms with van der Waals surface area (Å²) in [6.45, 7) is 0. The van der Waals surface area contributed by atoms with E-state index >= 15 is 0 Å². The zero-order chi connectivity index (χ0) is 11.7. The highest BCUT2D eigenvalue weighted by molar-refractivity contribution is 7.10. The Kier molecular flexibility index (Phi) is 2.89. The van der Waals surface area contributed by atoms with Crippen LogP contribution in [0.5, 0.6) is 5.75 Å². The zero-order valence-electron chi connectivity index (χ0n) is 8.15. The average molecular weight is 241 g/mol. The number of halogens is 2. The quantitative estimate of drug-likeness (QED) is 0.849. The first-order valence-corrected chi connectivity index (χ1v) is 5.45. The molecule has 0 radical (unpaired) electrons. The van der Waals surface area contributed by atoms with Gasteiger partial charge in [-0.3, -0.25) is 0 Å². The highest BCUT2D eigenvalue weighted by Crippen LogP contribution is 2.33. The van der Waals surface area contributed by atoms with Crippen LogP contribution < -0.4 is 5.73 Å². The van der Waals surface area contributed by atoms with Gasteiger partial charge < -0.3 is 10.8 Å². The summed E-state index contributed by atoms with van der Waals surface area (Å²) in [5.74, 6) is -2.30. The van der Waals surface area contributed by atoms with Gasteiger partial charge in [0.15, 0.2) is 11.6 Å². The van der Waals surface area contributed by atoms with Crippen molar-refractivity contribution in [3.63, 3.8) is 0 Å². The Morgan fingerprint density at radius 3 is 2.50 bits per heavy atom. The van der Waals surface area contributed by atoms with E-state index in [4.69, 9.17) is 5.73 Å². The monoisotopic (exact) mass is 241 g/mol. The van der Waals surface area contributed by atoms with Crippen molar-refractivity contribution in [3.05, 3.63) is 51.7 Å². The van der Waals surface area contributed by atoms with Crippen LogP contribution in [-0.2, 0) is 0 Å². The van der Waals surface area contributed by atoms with Crippen LogP contribution in [0.3, 0.4) is 0 Å². The van der Waals surface area contributed by atoms with E-state index in [1.165, 1.54) is 11.3 Å². The number of hydrogen-bond donors (Lipinski definition) is 2. The molecular formula is C11H9F2NOS. The molecule has 3 N–H and O–H groups in total. The molecule has 84 valence electrons. The number of benzene rings is 1. The smallest absolute Gasteiger partial charge is 0.165 e. The number of phenols is 1. The third-order valence-corrected chi connectivity index (χ3v) is 3.23. The second-order valence-electron chi connectivity index (χ2n) is 3.28. The molecule has 0 bridgehead atoms. The lowest BCUT2D eigenvalue weighted by Crippen LogP contribution is -2.13. The lowest BCUT2D eigenvalue weighted by atomic mass is 10.0. The summed E-state index contributed by atoms with van der Waals surface area (Å²) in [5, 5.41) is 11.2. The van der Waals surface area contributed by atoms with Crippen molar-refractivity contribution < 1.29 is 13.9 Å². The largest absolute Gasteiger partial charge is 0.505 e. The molecule has 0 saturated carbocycles. The highest BCUT2D eigenvalue weighted by atomic mass is 32.1. The van der Waals surface area contributed by atoms with Crippen molar-refractivity contribution >= 4 is 11.3 Å². The molecule has 1 heterocycles. The molecule has 0 aliphatic rings. The van der Waals surface area contributed by atoms with Gasteiger partial charge in [-0.05, 0) is 23.6 Å². The van der Waals surface area contributed by atoms with E-state index in [9.17, 15) is 13.9 Å². The maximum absolute atomic E-state index is 13.5. The molecule has 0 fully saturated rings. The molecule has 0 aliphatic heterocycles. The van der Waals surface area contributed by atoms with Gasteiger partial charge in [0.1, 0.15) is 5.82 Å². The van der Waals surface area contributed by atoms with Crippen LogP contribution in [0.1, 0.15) is 16.5 Å². The fourth-order valence-corrected chi connectivity index (χ4v) is 2.20. The molecule has 5 heteroatoms. The molecule has 0 amide bonds. The van der Waals surface area contributed by atoms with E-state index in [1.54, 1.807) is 17.5 Å². The van der Waals surface area contributed by atoms with E-state index in [2.05, 4.69) is 0 Å². The van der Waals surface area contributed by atoms with Crippen molar-refractivity contribution in [2.45, 2.75) is 6.04 Å². The SMILES string of the molecule is N[C@H](c1cccs1)c1c(F)ccc(F)c1O. The summed E-state index contributed by atoms with van der Waals surface area (Å²) in [4.78, 5) is 0.666. The molecule has 0 spiro atoms. The van der Waals surface area contributed by atoms with E-state index < -0.39 is 23.4 Å². The van der Waals surface area contributed by atoms with Crippen LogP contribution in [0.25, 0.3) is 0 Å². The van der Waals surface area contributed by atoms with Crippen LogP contribution in [0.4, 0.5) is 8.78 Å². The number of hydrogen-bond acceptors (Lipinski definition) is 3. The Morgan fingerprint density at radius 2 is 1.88 bits per heavy atom. The fraction of sp³-hybridized carbons (Fsp3) is 0.0909. The second kappa shape index (κ2) is 4.19.